The van der Waals surface area contributed by atoms with Crippen LogP contribution in [-0.2, 0) is 10.3 Å². The number of fused-ring (bicyclic) bond motifs is 2. The van der Waals surface area contributed by atoms with E-state index in [1.54, 1.807) is 6.92 Å². The molecule has 3 aliphatic carbocycles. The molecule has 120 valence electrons. The Hall–Kier alpha value is -1.39. The van der Waals surface area contributed by atoms with E-state index in [-0.39, 0.29) is 11.4 Å². The summed E-state index contributed by atoms with van der Waals surface area (Å²) in [6, 6.07) is 0. The van der Waals surface area contributed by atoms with Crippen molar-refractivity contribution in [3.8, 4) is 0 Å². The fourth-order valence-corrected chi connectivity index (χ4v) is 5.06. The summed E-state index contributed by atoms with van der Waals surface area (Å²) in [6.45, 7) is 1.80. The second-order valence-corrected chi connectivity index (χ2v) is 7.61. The summed E-state index contributed by atoms with van der Waals surface area (Å²) >= 11 is 0. The number of nitrogens with one attached hydrogen (secondary N) is 1. The van der Waals surface area contributed by atoms with Gasteiger partial charge in [-0.25, -0.2) is 0 Å². The molecule has 0 radical (unpaired) electrons. The summed E-state index contributed by atoms with van der Waals surface area (Å²) in [4.78, 5) is 17.0. The van der Waals surface area contributed by atoms with Crippen LogP contribution < -0.4 is 5.32 Å². The molecule has 1 amide bonds. The smallest absolute Gasteiger partial charge is 0.223 e. The van der Waals surface area contributed by atoms with Crippen LogP contribution in [-0.4, -0.2) is 16.0 Å². The molecule has 0 spiro atoms. The molecule has 3 aliphatic rings. The van der Waals surface area contributed by atoms with Crippen LogP contribution in [0.15, 0.2) is 4.52 Å². The molecule has 1 aromatic heterocycles. The molecular formula is C17H25N3O2. The number of hydrogen-bond acceptors (Lipinski definition) is 4. The Morgan fingerprint density at radius 3 is 2.73 bits per heavy atom. The third-order valence-electron chi connectivity index (χ3n) is 6.12. The zero-order valence-electron chi connectivity index (χ0n) is 13.3. The normalized spacial score (nSPS) is 32.5. The first-order valence-corrected chi connectivity index (χ1v) is 8.76. The summed E-state index contributed by atoms with van der Waals surface area (Å²) < 4.78 is 5.14. The second-order valence-electron chi connectivity index (χ2n) is 7.61. The minimum atomic E-state index is -0.382. The van der Waals surface area contributed by atoms with Crippen molar-refractivity contribution in [1.29, 1.82) is 0 Å². The second kappa shape index (κ2) is 5.36. The molecule has 1 aromatic rings. The van der Waals surface area contributed by atoms with Gasteiger partial charge in [0.2, 0.25) is 11.8 Å². The highest BCUT2D eigenvalue weighted by Crippen LogP contribution is 2.49. The summed E-state index contributed by atoms with van der Waals surface area (Å²) in [5.41, 5.74) is -0.382. The summed E-state index contributed by atoms with van der Waals surface area (Å²) in [7, 11) is 0. The highest BCUT2D eigenvalue weighted by atomic mass is 16.5. The average molecular weight is 303 g/mol. The maximum Gasteiger partial charge on any atom is 0.223 e. The molecule has 22 heavy (non-hydrogen) atoms. The van der Waals surface area contributed by atoms with Crippen molar-refractivity contribution >= 4 is 5.91 Å². The van der Waals surface area contributed by atoms with Gasteiger partial charge in [0.1, 0.15) is 5.54 Å². The van der Waals surface area contributed by atoms with E-state index >= 15 is 0 Å². The van der Waals surface area contributed by atoms with Crippen molar-refractivity contribution in [2.75, 3.05) is 0 Å². The number of rotatable bonds is 4. The van der Waals surface area contributed by atoms with E-state index in [9.17, 15) is 4.79 Å². The van der Waals surface area contributed by atoms with Crippen molar-refractivity contribution in [1.82, 2.24) is 15.5 Å². The van der Waals surface area contributed by atoms with E-state index in [1.807, 2.05) is 0 Å². The van der Waals surface area contributed by atoms with Gasteiger partial charge in [-0.2, -0.15) is 4.98 Å². The zero-order valence-corrected chi connectivity index (χ0v) is 13.3. The van der Waals surface area contributed by atoms with Gasteiger partial charge in [0.25, 0.3) is 0 Å². The van der Waals surface area contributed by atoms with Crippen molar-refractivity contribution < 1.29 is 9.32 Å². The summed E-state index contributed by atoms with van der Waals surface area (Å²) in [5, 5.41) is 7.38. The van der Waals surface area contributed by atoms with Gasteiger partial charge in [-0.05, 0) is 49.9 Å². The Kier molecular flexibility index (Phi) is 3.46. The van der Waals surface area contributed by atoms with Crippen molar-refractivity contribution in [3.05, 3.63) is 11.7 Å². The van der Waals surface area contributed by atoms with Crippen LogP contribution in [0.2, 0.25) is 0 Å². The lowest BCUT2D eigenvalue weighted by Crippen LogP contribution is -2.45. The van der Waals surface area contributed by atoms with E-state index in [0.29, 0.717) is 24.1 Å². The molecule has 5 nitrogen and oxygen atoms in total. The van der Waals surface area contributed by atoms with E-state index in [1.165, 1.54) is 25.7 Å². The number of carbonyl (C=O) groups is 1. The third-order valence-corrected chi connectivity index (χ3v) is 6.12. The van der Waals surface area contributed by atoms with Crippen LogP contribution in [0.25, 0.3) is 0 Å². The molecule has 1 heterocycles. The number of aryl methyl sites for hydroxylation is 1. The Morgan fingerprint density at radius 1 is 1.32 bits per heavy atom. The number of nitrogens with zero attached hydrogens (tertiary/aromatic N) is 2. The fourth-order valence-electron chi connectivity index (χ4n) is 5.06. The van der Waals surface area contributed by atoms with Crippen LogP contribution in [0.5, 0.6) is 0 Å². The topological polar surface area (TPSA) is 68.0 Å². The van der Waals surface area contributed by atoms with Gasteiger partial charge < -0.3 is 9.84 Å². The Morgan fingerprint density at radius 2 is 2.14 bits per heavy atom. The maximum absolute atomic E-state index is 12.6. The Labute approximate surface area is 131 Å². The third kappa shape index (κ3) is 2.44. The van der Waals surface area contributed by atoms with Gasteiger partial charge in [0.05, 0.1) is 0 Å². The molecule has 4 rings (SSSR count). The van der Waals surface area contributed by atoms with E-state index in [0.717, 1.165) is 37.5 Å². The molecule has 0 unspecified atom stereocenters. The molecule has 0 saturated heterocycles. The summed E-state index contributed by atoms with van der Waals surface area (Å²) in [6.07, 6.45) is 10.1. The lowest BCUT2D eigenvalue weighted by Gasteiger charge is -2.28. The first-order chi connectivity index (χ1) is 10.6. The van der Waals surface area contributed by atoms with Crippen molar-refractivity contribution in [2.24, 2.45) is 17.8 Å². The van der Waals surface area contributed by atoms with Gasteiger partial charge in [0, 0.05) is 13.3 Å². The van der Waals surface area contributed by atoms with Crippen LogP contribution in [0.3, 0.4) is 0 Å². The van der Waals surface area contributed by atoms with Crippen LogP contribution in [0.1, 0.15) is 69.5 Å². The molecular weight excluding hydrogens is 278 g/mol. The Balaban J connectivity index is 1.44. The minimum absolute atomic E-state index is 0.182. The molecule has 0 aromatic carbocycles. The molecule has 3 atom stereocenters. The summed E-state index contributed by atoms with van der Waals surface area (Å²) in [5.74, 6) is 3.71. The van der Waals surface area contributed by atoms with Crippen LogP contribution in [0, 0.1) is 24.7 Å². The molecule has 5 heteroatoms. The standard InChI is InChI=1S/C17H25N3O2/c1-11-18-16(20-22-11)17(6-2-3-7-17)19-15(21)10-14-9-12-4-5-13(14)8-12/h12-14H,2-10H2,1H3,(H,19,21)/t12-,13-,14-/m0/s1. The van der Waals surface area contributed by atoms with Crippen molar-refractivity contribution in [3.63, 3.8) is 0 Å². The quantitative estimate of drug-likeness (QED) is 0.928. The molecule has 1 N–H and O–H groups in total. The first-order valence-electron chi connectivity index (χ1n) is 8.76. The van der Waals surface area contributed by atoms with E-state index < -0.39 is 0 Å². The first kappa shape index (κ1) is 14.2. The number of amides is 1. The van der Waals surface area contributed by atoms with Gasteiger partial charge in [-0.1, -0.05) is 24.4 Å². The maximum atomic E-state index is 12.6. The van der Waals surface area contributed by atoms with Crippen LogP contribution in [0.4, 0.5) is 0 Å². The van der Waals surface area contributed by atoms with Crippen LogP contribution >= 0.6 is 0 Å². The van der Waals surface area contributed by atoms with Gasteiger partial charge in [-0.15, -0.1) is 0 Å². The lowest BCUT2D eigenvalue weighted by atomic mass is 9.85. The largest absolute Gasteiger partial charge is 0.343 e. The predicted molar refractivity (Wildman–Crippen MR) is 80.9 cm³/mol. The highest BCUT2D eigenvalue weighted by molar-refractivity contribution is 5.77. The van der Waals surface area contributed by atoms with E-state index in [4.69, 9.17) is 4.52 Å². The monoisotopic (exact) mass is 303 g/mol. The average Bonchev–Trinajstić information content (AvgIpc) is 3.21. The zero-order chi connectivity index (χ0) is 15.2. The number of aromatic nitrogens is 2. The molecule has 2 bridgehead atoms. The highest BCUT2D eigenvalue weighted by Gasteiger charge is 2.44. The SMILES string of the molecule is Cc1nc(C2(NC(=O)C[C@@H]3C[C@H]4CC[C@H]3C4)CCCC2)no1. The molecule has 3 saturated carbocycles. The fraction of sp³-hybridized carbons (Fsp3) is 0.824. The number of hydrogen-bond donors (Lipinski definition) is 1. The van der Waals surface area contributed by atoms with E-state index in [2.05, 4.69) is 15.5 Å². The number of carbonyl (C=O) groups excluding carboxylic acids is 1. The van der Waals surface area contributed by atoms with Crippen molar-refractivity contribution in [2.45, 2.75) is 70.3 Å². The molecule has 3 fully saturated rings. The molecule has 0 aliphatic heterocycles. The minimum Gasteiger partial charge on any atom is -0.343 e. The van der Waals surface area contributed by atoms with Gasteiger partial charge in [-0.3, -0.25) is 4.79 Å². The Bertz CT molecular complexity index is 562. The van der Waals surface area contributed by atoms with Gasteiger partial charge >= 0.3 is 0 Å². The lowest BCUT2D eigenvalue weighted by molar-refractivity contribution is -0.124. The van der Waals surface area contributed by atoms with Gasteiger partial charge in [0.15, 0.2) is 5.82 Å². The predicted octanol–water partition coefficient (Wildman–Crippen LogP) is 3.09.